The van der Waals surface area contributed by atoms with Gasteiger partial charge < -0.3 is 24.3 Å². The number of halogens is 1. The second-order valence-electron chi connectivity index (χ2n) is 7.63. The Hall–Kier alpha value is -2.32. The van der Waals surface area contributed by atoms with Gasteiger partial charge in [0.25, 0.3) is 5.91 Å². The molecule has 8 heteroatoms. The first-order valence-electron chi connectivity index (χ1n) is 10.4. The van der Waals surface area contributed by atoms with E-state index in [1.165, 1.54) is 6.42 Å². The number of hydrogen-bond donors (Lipinski definition) is 1. The van der Waals surface area contributed by atoms with Gasteiger partial charge in [0.05, 0.1) is 31.0 Å². The first-order valence-corrected chi connectivity index (χ1v) is 11.2. The molecule has 2 aliphatic heterocycles. The van der Waals surface area contributed by atoms with E-state index in [2.05, 4.69) is 26.1 Å². The van der Waals surface area contributed by atoms with Crippen molar-refractivity contribution < 1.29 is 18.7 Å². The Labute approximate surface area is 184 Å². The van der Waals surface area contributed by atoms with Crippen molar-refractivity contribution >= 4 is 39.1 Å². The highest BCUT2D eigenvalue weighted by molar-refractivity contribution is 9.10. The van der Waals surface area contributed by atoms with Gasteiger partial charge >= 0.3 is 0 Å². The molecule has 3 heterocycles. The molecule has 7 nitrogen and oxygen atoms in total. The van der Waals surface area contributed by atoms with Crippen molar-refractivity contribution in [1.29, 1.82) is 0 Å². The largest absolute Gasteiger partial charge is 0.444 e. The lowest BCUT2D eigenvalue weighted by Crippen LogP contribution is -2.41. The number of furan rings is 1. The average Bonchev–Trinajstić information content (AvgIpc) is 3.22. The van der Waals surface area contributed by atoms with E-state index in [0.29, 0.717) is 43.1 Å². The van der Waals surface area contributed by atoms with Crippen LogP contribution in [0.2, 0.25) is 0 Å². The van der Waals surface area contributed by atoms with Crippen molar-refractivity contribution in [1.82, 2.24) is 4.90 Å². The molecule has 2 fully saturated rings. The number of ether oxygens (including phenoxy) is 1. The van der Waals surface area contributed by atoms with Gasteiger partial charge in [-0.3, -0.25) is 9.59 Å². The highest BCUT2D eigenvalue weighted by Gasteiger charge is 2.21. The number of rotatable bonds is 5. The Morgan fingerprint density at radius 1 is 1.00 bits per heavy atom. The van der Waals surface area contributed by atoms with E-state index in [9.17, 15) is 9.59 Å². The molecular weight excluding hydrogens is 450 g/mol. The fourth-order valence-corrected chi connectivity index (χ4v) is 4.23. The number of anilines is 2. The Morgan fingerprint density at radius 3 is 2.47 bits per heavy atom. The lowest BCUT2D eigenvalue weighted by molar-refractivity contribution is -0.134. The SMILES string of the molecule is O=C(Nc1cc(CC(=O)N2CCOCC2)ccc1N1CCCCC1)c1ccc(Br)o1. The van der Waals surface area contributed by atoms with Gasteiger partial charge in [0.1, 0.15) is 0 Å². The molecule has 30 heavy (non-hydrogen) atoms. The summed E-state index contributed by atoms with van der Waals surface area (Å²) in [6.07, 6.45) is 3.80. The van der Waals surface area contributed by atoms with Gasteiger partial charge in [0.15, 0.2) is 10.4 Å². The van der Waals surface area contributed by atoms with Crippen LogP contribution in [0.3, 0.4) is 0 Å². The molecule has 0 unspecified atom stereocenters. The van der Waals surface area contributed by atoms with Crippen LogP contribution in [0.25, 0.3) is 0 Å². The predicted molar refractivity (Wildman–Crippen MR) is 118 cm³/mol. The summed E-state index contributed by atoms with van der Waals surface area (Å²) in [7, 11) is 0. The van der Waals surface area contributed by atoms with E-state index in [4.69, 9.17) is 9.15 Å². The van der Waals surface area contributed by atoms with Gasteiger partial charge in [-0.25, -0.2) is 0 Å². The molecule has 0 spiro atoms. The third kappa shape index (κ3) is 5.05. The lowest BCUT2D eigenvalue weighted by atomic mass is 10.1. The number of carbonyl (C=O) groups excluding carboxylic acids is 2. The molecule has 0 saturated carbocycles. The monoisotopic (exact) mass is 475 g/mol. The van der Waals surface area contributed by atoms with Gasteiger partial charge in [0.2, 0.25) is 5.91 Å². The number of amides is 2. The zero-order chi connectivity index (χ0) is 20.9. The molecule has 0 atom stereocenters. The Balaban J connectivity index is 1.55. The van der Waals surface area contributed by atoms with E-state index in [-0.39, 0.29) is 17.6 Å². The van der Waals surface area contributed by atoms with Crippen molar-refractivity contribution in [2.45, 2.75) is 25.7 Å². The molecule has 2 saturated heterocycles. The van der Waals surface area contributed by atoms with E-state index in [1.54, 1.807) is 12.1 Å². The van der Waals surface area contributed by atoms with Crippen molar-refractivity contribution in [2.24, 2.45) is 0 Å². The minimum absolute atomic E-state index is 0.0799. The smallest absolute Gasteiger partial charge is 0.291 e. The molecule has 4 rings (SSSR count). The Morgan fingerprint density at radius 2 is 1.77 bits per heavy atom. The van der Waals surface area contributed by atoms with Crippen LogP contribution in [-0.2, 0) is 16.0 Å². The zero-order valence-electron chi connectivity index (χ0n) is 16.9. The highest BCUT2D eigenvalue weighted by atomic mass is 79.9. The molecule has 1 aromatic carbocycles. The molecule has 160 valence electrons. The summed E-state index contributed by atoms with van der Waals surface area (Å²) >= 11 is 3.23. The van der Waals surface area contributed by atoms with Crippen LogP contribution < -0.4 is 10.2 Å². The van der Waals surface area contributed by atoms with Crippen LogP contribution in [0.5, 0.6) is 0 Å². The maximum Gasteiger partial charge on any atom is 0.291 e. The molecule has 2 aromatic rings. The normalized spacial score (nSPS) is 17.1. The number of carbonyl (C=O) groups is 2. The van der Waals surface area contributed by atoms with Crippen molar-refractivity contribution in [3.05, 3.63) is 46.3 Å². The van der Waals surface area contributed by atoms with Crippen LogP contribution in [0.1, 0.15) is 35.4 Å². The number of benzene rings is 1. The summed E-state index contributed by atoms with van der Waals surface area (Å²) in [6.45, 7) is 4.34. The highest BCUT2D eigenvalue weighted by Crippen LogP contribution is 2.31. The van der Waals surface area contributed by atoms with Crippen LogP contribution >= 0.6 is 15.9 Å². The number of hydrogen-bond acceptors (Lipinski definition) is 5. The second kappa shape index (κ2) is 9.66. The van der Waals surface area contributed by atoms with Crippen LogP contribution in [0.4, 0.5) is 11.4 Å². The van der Waals surface area contributed by atoms with Gasteiger partial charge in [-0.1, -0.05) is 6.07 Å². The first kappa shape index (κ1) is 20.9. The Bertz CT molecular complexity index is 902. The van der Waals surface area contributed by atoms with Crippen LogP contribution in [-0.4, -0.2) is 56.1 Å². The van der Waals surface area contributed by atoms with E-state index >= 15 is 0 Å². The number of nitrogens with zero attached hydrogens (tertiary/aromatic N) is 2. The maximum atomic E-state index is 12.7. The van der Waals surface area contributed by atoms with E-state index in [0.717, 1.165) is 37.2 Å². The van der Waals surface area contributed by atoms with Gasteiger partial charge in [-0.15, -0.1) is 0 Å². The minimum Gasteiger partial charge on any atom is -0.444 e. The minimum atomic E-state index is -0.310. The standard InChI is InChI=1S/C22H26BrN3O4/c23-20-7-6-19(30-20)22(28)24-17-14-16(15-21(27)26-10-12-29-13-11-26)4-5-18(17)25-8-2-1-3-9-25/h4-7,14H,1-3,8-13,15H2,(H,24,28). The molecule has 2 amide bonds. The van der Waals surface area contributed by atoms with E-state index in [1.807, 2.05) is 23.1 Å². The molecule has 1 aromatic heterocycles. The van der Waals surface area contributed by atoms with Crippen LogP contribution in [0, 0.1) is 0 Å². The summed E-state index contributed by atoms with van der Waals surface area (Å²) in [5.41, 5.74) is 2.57. The summed E-state index contributed by atoms with van der Waals surface area (Å²) < 4.78 is 11.2. The first-order chi connectivity index (χ1) is 14.6. The van der Waals surface area contributed by atoms with Gasteiger partial charge in [0, 0.05) is 26.2 Å². The van der Waals surface area contributed by atoms with Crippen molar-refractivity contribution in [3.63, 3.8) is 0 Å². The molecule has 0 bridgehead atoms. The van der Waals surface area contributed by atoms with Gasteiger partial charge in [-0.05, 0) is 65.0 Å². The number of piperidine rings is 1. The zero-order valence-corrected chi connectivity index (χ0v) is 18.4. The van der Waals surface area contributed by atoms with E-state index < -0.39 is 0 Å². The molecule has 0 aliphatic carbocycles. The average molecular weight is 476 g/mol. The molecule has 0 radical (unpaired) electrons. The van der Waals surface area contributed by atoms with Crippen molar-refractivity contribution in [3.8, 4) is 0 Å². The number of morpholine rings is 1. The fourth-order valence-electron chi connectivity index (χ4n) is 3.92. The van der Waals surface area contributed by atoms with Crippen LogP contribution in [0.15, 0.2) is 39.4 Å². The maximum absolute atomic E-state index is 12.7. The fraction of sp³-hybridized carbons (Fsp3) is 0.455. The lowest BCUT2D eigenvalue weighted by Gasteiger charge is -2.31. The Kier molecular flexibility index (Phi) is 6.74. The second-order valence-corrected chi connectivity index (χ2v) is 8.41. The van der Waals surface area contributed by atoms with Crippen molar-refractivity contribution in [2.75, 3.05) is 49.6 Å². The van der Waals surface area contributed by atoms with Gasteiger partial charge in [-0.2, -0.15) is 0 Å². The molecule has 1 N–H and O–H groups in total. The predicted octanol–water partition coefficient (Wildman–Crippen LogP) is 3.69. The third-order valence-electron chi connectivity index (χ3n) is 5.52. The summed E-state index contributed by atoms with van der Waals surface area (Å²) in [5.74, 6) is 0.00754. The summed E-state index contributed by atoms with van der Waals surface area (Å²) in [6, 6.07) is 9.24. The summed E-state index contributed by atoms with van der Waals surface area (Å²) in [4.78, 5) is 29.5. The topological polar surface area (TPSA) is 75.0 Å². The third-order valence-corrected chi connectivity index (χ3v) is 5.95. The molecular formula is C22H26BrN3O4. The summed E-state index contributed by atoms with van der Waals surface area (Å²) in [5, 5.41) is 2.99. The molecule has 2 aliphatic rings. The number of nitrogens with one attached hydrogen (secondary N) is 1. The quantitative estimate of drug-likeness (QED) is 0.713.